The van der Waals surface area contributed by atoms with Crippen LogP contribution in [0.4, 0.5) is 5.82 Å². The summed E-state index contributed by atoms with van der Waals surface area (Å²) >= 11 is 0. The Labute approximate surface area is 108 Å². The fourth-order valence-electron chi connectivity index (χ4n) is 2.74. The molecule has 4 nitrogen and oxygen atoms in total. The van der Waals surface area contributed by atoms with E-state index < -0.39 is 0 Å². The van der Waals surface area contributed by atoms with Gasteiger partial charge in [-0.1, -0.05) is 0 Å². The molecule has 0 aliphatic carbocycles. The van der Waals surface area contributed by atoms with E-state index in [4.69, 9.17) is 0 Å². The second kappa shape index (κ2) is 5.38. The van der Waals surface area contributed by atoms with E-state index in [0.29, 0.717) is 23.5 Å². The summed E-state index contributed by atoms with van der Waals surface area (Å²) in [7, 11) is 1.79. The molecular formula is C14H21N3O. The van der Waals surface area contributed by atoms with Crippen LogP contribution in [0.25, 0.3) is 0 Å². The number of pyridine rings is 1. The number of hydrogen-bond acceptors (Lipinski definition) is 3. The lowest BCUT2D eigenvalue weighted by Gasteiger charge is -2.39. The molecule has 1 aromatic rings. The first-order valence-electron chi connectivity index (χ1n) is 6.60. The van der Waals surface area contributed by atoms with Gasteiger partial charge in [0.05, 0.1) is 5.56 Å². The minimum absolute atomic E-state index is 0.0900. The maximum absolute atomic E-state index is 12.6. The number of aromatic nitrogens is 1. The molecule has 4 heteroatoms. The van der Waals surface area contributed by atoms with Crippen LogP contribution in [0, 0.1) is 0 Å². The third-order valence-corrected chi connectivity index (χ3v) is 3.70. The summed E-state index contributed by atoms with van der Waals surface area (Å²) in [5.41, 5.74) is 0.667. The van der Waals surface area contributed by atoms with E-state index in [2.05, 4.69) is 24.1 Å². The van der Waals surface area contributed by atoms with Crippen LogP contribution in [-0.2, 0) is 0 Å². The number of anilines is 1. The summed E-state index contributed by atoms with van der Waals surface area (Å²) in [6.07, 6.45) is 5.08. The molecule has 1 N–H and O–H groups in total. The fraction of sp³-hybridized carbons (Fsp3) is 0.571. The average molecular weight is 247 g/mol. The summed E-state index contributed by atoms with van der Waals surface area (Å²) in [5.74, 6) is 0.750. The third-order valence-electron chi connectivity index (χ3n) is 3.70. The molecule has 1 fully saturated rings. The van der Waals surface area contributed by atoms with Gasteiger partial charge >= 0.3 is 0 Å². The summed E-state index contributed by atoms with van der Waals surface area (Å²) in [6.45, 7) is 4.26. The molecule has 1 amide bonds. The Morgan fingerprint density at radius 2 is 2.06 bits per heavy atom. The van der Waals surface area contributed by atoms with Crippen molar-refractivity contribution in [2.24, 2.45) is 0 Å². The minimum atomic E-state index is 0.0900. The molecule has 98 valence electrons. The number of nitrogens with one attached hydrogen (secondary N) is 1. The van der Waals surface area contributed by atoms with Crippen molar-refractivity contribution >= 4 is 11.7 Å². The van der Waals surface area contributed by atoms with Gasteiger partial charge in [-0.05, 0) is 45.2 Å². The van der Waals surface area contributed by atoms with Crippen LogP contribution in [0.1, 0.15) is 43.5 Å². The van der Waals surface area contributed by atoms with E-state index in [0.717, 1.165) is 12.8 Å². The fourth-order valence-corrected chi connectivity index (χ4v) is 2.74. The number of likely N-dealkylation sites (tertiary alicyclic amines) is 1. The molecule has 2 unspecified atom stereocenters. The molecule has 0 spiro atoms. The quantitative estimate of drug-likeness (QED) is 0.873. The van der Waals surface area contributed by atoms with Gasteiger partial charge in [0, 0.05) is 25.3 Å². The lowest BCUT2D eigenvalue weighted by Crippen LogP contribution is -2.47. The summed E-state index contributed by atoms with van der Waals surface area (Å²) in [4.78, 5) is 18.9. The monoisotopic (exact) mass is 247 g/mol. The Kier molecular flexibility index (Phi) is 3.84. The van der Waals surface area contributed by atoms with Crippen LogP contribution in [0.2, 0.25) is 0 Å². The van der Waals surface area contributed by atoms with Gasteiger partial charge in [0.15, 0.2) is 0 Å². The second-order valence-corrected chi connectivity index (χ2v) is 4.99. The van der Waals surface area contributed by atoms with Crippen molar-refractivity contribution in [2.75, 3.05) is 12.4 Å². The Hall–Kier alpha value is -1.58. The van der Waals surface area contributed by atoms with Crippen LogP contribution in [0.15, 0.2) is 18.3 Å². The van der Waals surface area contributed by atoms with Crippen LogP contribution >= 0.6 is 0 Å². The zero-order valence-electron chi connectivity index (χ0n) is 11.3. The van der Waals surface area contributed by atoms with E-state index in [1.165, 1.54) is 6.42 Å². The molecule has 2 rings (SSSR count). The van der Waals surface area contributed by atoms with Crippen LogP contribution < -0.4 is 5.32 Å². The predicted octanol–water partition coefficient (Wildman–Crippen LogP) is 2.53. The Morgan fingerprint density at radius 3 is 2.67 bits per heavy atom. The highest BCUT2D eigenvalue weighted by Crippen LogP contribution is 2.26. The first-order valence-corrected chi connectivity index (χ1v) is 6.60. The smallest absolute Gasteiger partial charge is 0.258 e. The molecule has 2 atom stereocenters. The van der Waals surface area contributed by atoms with Gasteiger partial charge in [0.1, 0.15) is 5.82 Å². The van der Waals surface area contributed by atoms with Gasteiger partial charge in [0.2, 0.25) is 0 Å². The zero-order valence-corrected chi connectivity index (χ0v) is 11.3. The second-order valence-electron chi connectivity index (χ2n) is 4.99. The highest BCUT2D eigenvalue weighted by Gasteiger charge is 2.30. The number of carbonyl (C=O) groups excluding carboxylic acids is 1. The molecule has 18 heavy (non-hydrogen) atoms. The number of rotatable bonds is 2. The number of carbonyl (C=O) groups is 1. The molecule has 0 aromatic carbocycles. The normalized spacial score (nSPS) is 23.8. The molecule has 0 bridgehead atoms. The van der Waals surface area contributed by atoms with Gasteiger partial charge < -0.3 is 10.2 Å². The standard InChI is InChI=1S/C14H21N3O/c1-10-6-4-7-11(2)17(10)14(18)12-8-5-9-16-13(12)15-3/h5,8-11H,4,6-7H2,1-3H3,(H,15,16). The minimum Gasteiger partial charge on any atom is -0.372 e. The molecular weight excluding hydrogens is 226 g/mol. The van der Waals surface area contributed by atoms with E-state index in [1.54, 1.807) is 13.2 Å². The summed E-state index contributed by atoms with van der Waals surface area (Å²) in [5, 5.41) is 2.99. The number of piperidine rings is 1. The molecule has 1 aliphatic rings. The molecule has 1 aliphatic heterocycles. The SMILES string of the molecule is CNc1ncccc1C(=O)N1C(C)CCCC1C. The zero-order chi connectivity index (χ0) is 13.1. The highest BCUT2D eigenvalue weighted by atomic mass is 16.2. The van der Waals surface area contributed by atoms with Crippen molar-refractivity contribution in [2.45, 2.75) is 45.2 Å². The van der Waals surface area contributed by atoms with E-state index in [1.807, 2.05) is 17.0 Å². The maximum atomic E-state index is 12.6. The lowest BCUT2D eigenvalue weighted by molar-refractivity contribution is 0.0511. The molecule has 0 saturated carbocycles. The average Bonchev–Trinajstić information content (AvgIpc) is 2.38. The molecule has 2 heterocycles. The van der Waals surface area contributed by atoms with E-state index in [-0.39, 0.29) is 5.91 Å². The lowest BCUT2D eigenvalue weighted by atomic mass is 9.96. The largest absolute Gasteiger partial charge is 0.372 e. The van der Waals surface area contributed by atoms with E-state index >= 15 is 0 Å². The van der Waals surface area contributed by atoms with Crippen LogP contribution in [0.3, 0.4) is 0 Å². The van der Waals surface area contributed by atoms with Crippen molar-refractivity contribution in [3.8, 4) is 0 Å². The topological polar surface area (TPSA) is 45.2 Å². The first-order chi connectivity index (χ1) is 8.65. The van der Waals surface area contributed by atoms with Crippen molar-refractivity contribution in [1.29, 1.82) is 0 Å². The first kappa shape index (κ1) is 12.9. The third kappa shape index (κ3) is 2.33. The number of hydrogen-bond donors (Lipinski definition) is 1. The maximum Gasteiger partial charge on any atom is 0.258 e. The van der Waals surface area contributed by atoms with E-state index in [9.17, 15) is 4.79 Å². The Bertz CT molecular complexity index is 423. The van der Waals surface area contributed by atoms with Crippen molar-refractivity contribution < 1.29 is 4.79 Å². The van der Waals surface area contributed by atoms with Gasteiger partial charge in [0.25, 0.3) is 5.91 Å². The van der Waals surface area contributed by atoms with Gasteiger partial charge in [-0.3, -0.25) is 4.79 Å². The van der Waals surface area contributed by atoms with Gasteiger partial charge in [-0.2, -0.15) is 0 Å². The van der Waals surface area contributed by atoms with Crippen molar-refractivity contribution in [3.05, 3.63) is 23.9 Å². The number of amides is 1. The summed E-state index contributed by atoms with van der Waals surface area (Å²) in [6, 6.07) is 4.28. The van der Waals surface area contributed by atoms with Crippen LogP contribution in [-0.4, -0.2) is 34.9 Å². The van der Waals surface area contributed by atoms with Gasteiger partial charge in [-0.15, -0.1) is 0 Å². The highest BCUT2D eigenvalue weighted by molar-refractivity contribution is 5.99. The predicted molar refractivity (Wildman–Crippen MR) is 72.7 cm³/mol. The number of nitrogens with zero attached hydrogens (tertiary/aromatic N) is 2. The van der Waals surface area contributed by atoms with Crippen LogP contribution in [0.5, 0.6) is 0 Å². The van der Waals surface area contributed by atoms with Crippen molar-refractivity contribution in [3.63, 3.8) is 0 Å². The Morgan fingerprint density at radius 1 is 1.39 bits per heavy atom. The Balaban J connectivity index is 2.29. The summed E-state index contributed by atoms with van der Waals surface area (Å²) < 4.78 is 0. The molecule has 0 radical (unpaired) electrons. The van der Waals surface area contributed by atoms with Gasteiger partial charge in [-0.25, -0.2) is 4.98 Å². The molecule has 1 saturated heterocycles. The molecule has 1 aromatic heterocycles. The van der Waals surface area contributed by atoms with Crippen molar-refractivity contribution in [1.82, 2.24) is 9.88 Å².